The maximum absolute atomic E-state index is 11.9. The number of carbonyl (C=O) groups excluding carboxylic acids is 2. The molecule has 2 amide bonds. The van der Waals surface area contributed by atoms with Gasteiger partial charge in [0.25, 0.3) is 0 Å². The van der Waals surface area contributed by atoms with Crippen molar-refractivity contribution in [1.82, 2.24) is 9.80 Å². The number of likely N-dealkylation sites (N-methyl/N-ethyl adjacent to an activating group) is 1. The van der Waals surface area contributed by atoms with Gasteiger partial charge in [-0.25, -0.2) is 0 Å². The molecule has 0 rings (SSSR count). The molecule has 5 nitrogen and oxygen atoms in total. The molecule has 0 atom stereocenters. The van der Waals surface area contributed by atoms with Crippen LogP contribution in [0, 0.1) is 0 Å². The lowest BCUT2D eigenvalue weighted by molar-refractivity contribution is -0.141. The topological polar surface area (TPSA) is 49.9 Å². The summed E-state index contributed by atoms with van der Waals surface area (Å²) in [5.41, 5.74) is 0. The van der Waals surface area contributed by atoms with Crippen molar-refractivity contribution in [3.05, 3.63) is 0 Å². The van der Waals surface area contributed by atoms with E-state index in [-0.39, 0.29) is 25.0 Å². The molecule has 112 valence electrons. The molecule has 0 aliphatic carbocycles. The Labute approximate surface area is 116 Å². The second-order valence-corrected chi connectivity index (χ2v) is 4.69. The third-order valence-corrected chi connectivity index (χ3v) is 2.78. The first-order valence-corrected chi connectivity index (χ1v) is 7.16. The average Bonchev–Trinajstić information content (AvgIpc) is 2.38. The molecule has 0 heterocycles. The summed E-state index contributed by atoms with van der Waals surface area (Å²) in [5.74, 6) is -0.109. The van der Waals surface area contributed by atoms with E-state index in [1.807, 2.05) is 20.8 Å². The quantitative estimate of drug-likeness (QED) is 0.606. The maximum atomic E-state index is 11.9. The molecule has 0 aromatic carbocycles. The Morgan fingerprint density at radius 2 is 1.32 bits per heavy atom. The summed E-state index contributed by atoms with van der Waals surface area (Å²) in [6.45, 7) is 8.29. The van der Waals surface area contributed by atoms with Crippen molar-refractivity contribution >= 4 is 11.8 Å². The molecule has 0 aromatic rings. The Morgan fingerprint density at radius 3 is 1.79 bits per heavy atom. The first kappa shape index (κ1) is 17.9. The van der Waals surface area contributed by atoms with E-state index in [1.54, 1.807) is 16.8 Å². The molecule has 0 N–H and O–H groups in total. The van der Waals surface area contributed by atoms with Crippen molar-refractivity contribution in [3.63, 3.8) is 0 Å². The maximum Gasteiger partial charge on any atom is 0.248 e. The second-order valence-electron chi connectivity index (χ2n) is 4.69. The zero-order valence-electron chi connectivity index (χ0n) is 12.8. The van der Waals surface area contributed by atoms with E-state index in [2.05, 4.69) is 0 Å². The number of ether oxygens (including phenoxy) is 1. The molecule has 0 aliphatic heterocycles. The first-order chi connectivity index (χ1) is 9.06. The van der Waals surface area contributed by atoms with Crippen LogP contribution in [0.1, 0.15) is 40.0 Å². The molecule has 0 unspecified atom stereocenters. The van der Waals surface area contributed by atoms with Gasteiger partial charge in [0.1, 0.15) is 13.2 Å². The van der Waals surface area contributed by atoms with Crippen LogP contribution in [0.5, 0.6) is 0 Å². The van der Waals surface area contributed by atoms with Gasteiger partial charge >= 0.3 is 0 Å². The highest BCUT2D eigenvalue weighted by Gasteiger charge is 2.13. The van der Waals surface area contributed by atoms with Crippen LogP contribution in [0.25, 0.3) is 0 Å². The van der Waals surface area contributed by atoms with Crippen molar-refractivity contribution < 1.29 is 14.3 Å². The molecule has 5 heteroatoms. The highest BCUT2D eigenvalue weighted by molar-refractivity contribution is 5.79. The van der Waals surface area contributed by atoms with Crippen LogP contribution in [0.4, 0.5) is 0 Å². The Balaban J connectivity index is 3.97. The molecule has 0 bridgehead atoms. The predicted octanol–water partition coefficient (Wildman–Crippen LogP) is 1.52. The molecule has 0 aliphatic rings. The van der Waals surface area contributed by atoms with Crippen LogP contribution in [0.15, 0.2) is 0 Å². The van der Waals surface area contributed by atoms with Crippen LogP contribution in [-0.4, -0.2) is 61.5 Å². The van der Waals surface area contributed by atoms with Gasteiger partial charge in [0, 0.05) is 26.7 Å². The lowest BCUT2D eigenvalue weighted by Gasteiger charge is -2.21. The van der Waals surface area contributed by atoms with Crippen molar-refractivity contribution in [2.45, 2.75) is 40.0 Å². The van der Waals surface area contributed by atoms with Crippen molar-refractivity contribution in [2.24, 2.45) is 0 Å². The van der Waals surface area contributed by atoms with E-state index < -0.39 is 0 Å². The van der Waals surface area contributed by atoms with Crippen LogP contribution in [-0.2, 0) is 14.3 Å². The van der Waals surface area contributed by atoms with Crippen LogP contribution in [0.3, 0.4) is 0 Å². The number of hydrogen-bond donors (Lipinski definition) is 0. The monoisotopic (exact) mass is 272 g/mol. The van der Waals surface area contributed by atoms with Gasteiger partial charge in [-0.15, -0.1) is 0 Å². The number of rotatable bonds is 10. The zero-order chi connectivity index (χ0) is 14.7. The summed E-state index contributed by atoms with van der Waals surface area (Å²) in [6.07, 6.45) is 2.79. The minimum absolute atomic E-state index is 0.00823. The second kappa shape index (κ2) is 10.8. The van der Waals surface area contributed by atoms with Crippen molar-refractivity contribution in [3.8, 4) is 0 Å². The third kappa shape index (κ3) is 7.82. The van der Waals surface area contributed by atoms with Gasteiger partial charge in [0.05, 0.1) is 0 Å². The lowest BCUT2D eigenvalue weighted by Crippen LogP contribution is -2.37. The smallest absolute Gasteiger partial charge is 0.248 e. The molecule has 0 saturated carbocycles. The Bertz CT molecular complexity index is 263. The summed E-state index contributed by atoms with van der Waals surface area (Å²) in [7, 11) is 1.75. The summed E-state index contributed by atoms with van der Waals surface area (Å²) >= 11 is 0. The zero-order valence-corrected chi connectivity index (χ0v) is 12.8. The normalized spacial score (nSPS) is 10.3. The average molecular weight is 272 g/mol. The van der Waals surface area contributed by atoms with Crippen molar-refractivity contribution in [2.75, 3.05) is 39.9 Å². The molecule has 0 saturated heterocycles. The van der Waals surface area contributed by atoms with Crippen LogP contribution in [0.2, 0.25) is 0 Å². The van der Waals surface area contributed by atoms with Gasteiger partial charge in [-0.3, -0.25) is 9.59 Å². The molecule has 19 heavy (non-hydrogen) atoms. The summed E-state index contributed by atoms with van der Waals surface area (Å²) in [4.78, 5) is 26.9. The first-order valence-electron chi connectivity index (χ1n) is 7.16. The van der Waals surface area contributed by atoms with Gasteiger partial charge in [0.15, 0.2) is 0 Å². The Hall–Kier alpha value is -1.10. The third-order valence-electron chi connectivity index (χ3n) is 2.78. The van der Waals surface area contributed by atoms with Gasteiger partial charge < -0.3 is 14.5 Å². The van der Waals surface area contributed by atoms with Gasteiger partial charge in [0.2, 0.25) is 11.8 Å². The Kier molecular flexibility index (Phi) is 10.2. The van der Waals surface area contributed by atoms with E-state index in [0.717, 1.165) is 32.4 Å². The minimum Gasteiger partial charge on any atom is -0.362 e. The largest absolute Gasteiger partial charge is 0.362 e. The molecule has 0 radical (unpaired) electrons. The van der Waals surface area contributed by atoms with E-state index >= 15 is 0 Å². The van der Waals surface area contributed by atoms with E-state index in [0.29, 0.717) is 6.54 Å². The van der Waals surface area contributed by atoms with E-state index in [4.69, 9.17) is 4.74 Å². The highest BCUT2D eigenvalue weighted by Crippen LogP contribution is 1.97. The van der Waals surface area contributed by atoms with Gasteiger partial charge in [-0.1, -0.05) is 20.8 Å². The fraction of sp³-hybridized carbons (Fsp3) is 0.857. The van der Waals surface area contributed by atoms with Gasteiger partial charge in [-0.2, -0.15) is 0 Å². The molecule has 0 aromatic heterocycles. The summed E-state index contributed by atoms with van der Waals surface area (Å²) in [5, 5.41) is 0. The SMILES string of the molecule is CCCN(C)C(=O)COCC(=O)N(CCC)CCC. The van der Waals surface area contributed by atoms with Crippen LogP contribution < -0.4 is 0 Å². The standard InChI is InChI=1S/C14H28N2O3/c1-5-8-15(4)13(17)11-19-12-14(18)16(9-6-2)10-7-3/h5-12H2,1-4H3. The fourth-order valence-corrected chi connectivity index (χ4v) is 1.79. The Morgan fingerprint density at radius 1 is 0.842 bits per heavy atom. The van der Waals surface area contributed by atoms with Crippen LogP contribution >= 0.6 is 0 Å². The minimum atomic E-state index is -0.0767. The number of amides is 2. The summed E-state index contributed by atoms with van der Waals surface area (Å²) < 4.78 is 5.22. The number of hydrogen-bond acceptors (Lipinski definition) is 3. The van der Waals surface area contributed by atoms with E-state index in [1.165, 1.54) is 0 Å². The molecule has 0 spiro atoms. The van der Waals surface area contributed by atoms with Gasteiger partial charge in [-0.05, 0) is 19.3 Å². The fourth-order valence-electron chi connectivity index (χ4n) is 1.79. The molecule has 0 fully saturated rings. The highest BCUT2D eigenvalue weighted by atomic mass is 16.5. The number of carbonyl (C=O) groups is 2. The molecular formula is C14H28N2O3. The summed E-state index contributed by atoms with van der Waals surface area (Å²) in [6, 6.07) is 0. The van der Waals surface area contributed by atoms with Crippen molar-refractivity contribution in [1.29, 1.82) is 0 Å². The molecular weight excluding hydrogens is 244 g/mol. The lowest BCUT2D eigenvalue weighted by atomic mass is 10.3. The van der Waals surface area contributed by atoms with E-state index in [9.17, 15) is 9.59 Å². The predicted molar refractivity (Wildman–Crippen MR) is 75.9 cm³/mol. The number of nitrogens with zero attached hydrogens (tertiary/aromatic N) is 2.